The molecule has 2 aromatic rings. The molecule has 0 bridgehead atoms. The third-order valence-electron chi connectivity index (χ3n) is 4.75. The zero-order valence-electron chi connectivity index (χ0n) is 16.8. The van der Waals surface area contributed by atoms with Crippen molar-refractivity contribution in [1.29, 1.82) is 0 Å². The molecule has 0 saturated carbocycles. The van der Waals surface area contributed by atoms with Crippen LogP contribution in [-0.4, -0.2) is 64.9 Å². The molecule has 156 valence electrons. The van der Waals surface area contributed by atoms with Crippen LogP contribution in [0.4, 0.5) is 21.4 Å². The predicted molar refractivity (Wildman–Crippen MR) is 113 cm³/mol. The van der Waals surface area contributed by atoms with Crippen molar-refractivity contribution in [3.8, 4) is 0 Å². The summed E-state index contributed by atoms with van der Waals surface area (Å²) in [5.41, 5.74) is 6.43. The first-order valence-corrected chi connectivity index (χ1v) is 10.2. The van der Waals surface area contributed by atoms with Crippen LogP contribution in [-0.2, 0) is 0 Å². The second-order valence-corrected chi connectivity index (χ2v) is 8.06. The molecule has 0 radical (unpaired) electrons. The van der Waals surface area contributed by atoms with Crippen LogP contribution in [0.1, 0.15) is 29.0 Å². The zero-order valence-corrected chi connectivity index (χ0v) is 17.6. The molecule has 0 unspecified atom stereocenters. The highest BCUT2D eigenvalue weighted by Crippen LogP contribution is 2.26. The molecule has 11 heteroatoms. The minimum atomic E-state index is -0.636. The first kappa shape index (κ1) is 20.8. The van der Waals surface area contributed by atoms with Crippen LogP contribution in [0.2, 0.25) is 0 Å². The molecule has 0 aromatic carbocycles. The number of nitrogens with two attached hydrogens (primary N) is 1. The Hall–Kier alpha value is -2.95. The van der Waals surface area contributed by atoms with Gasteiger partial charge in [0.2, 0.25) is 0 Å². The Morgan fingerprint density at radius 3 is 2.66 bits per heavy atom. The molecule has 0 atom stereocenters. The number of hydrogen-bond acceptors (Lipinski definition) is 8. The van der Waals surface area contributed by atoms with E-state index in [0.717, 1.165) is 36.6 Å². The molecule has 2 aromatic heterocycles. The molecule has 1 fully saturated rings. The summed E-state index contributed by atoms with van der Waals surface area (Å²) in [5.74, 6) is 0.808. The van der Waals surface area contributed by atoms with Gasteiger partial charge in [0.25, 0.3) is 5.91 Å². The Balaban J connectivity index is 1.66. The van der Waals surface area contributed by atoms with Gasteiger partial charge in [-0.15, -0.1) is 0 Å². The van der Waals surface area contributed by atoms with E-state index in [-0.39, 0.29) is 11.7 Å². The van der Waals surface area contributed by atoms with Gasteiger partial charge in [-0.1, -0.05) is 0 Å². The molecule has 0 spiro atoms. The van der Waals surface area contributed by atoms with E-state index in [1.807, 2.05) is 13.0 Å². The monoisotopic (exact) mass is 418 g/mol. The first-order valence-electron chi connectivity index (χ1n) is 9.40. The van der Waals surface area contributed by atoms with Crippen LogP contribution in [0, 0.1) is 12.8 Å². The number of hydrogen-bond donors (Lipinski definition) is 3. The second-order valence-electron chi connectivity index (χ2n) is 7.26. The summed E-state index contributed by atoms with van der Waals surface area (Å²) in [6.45, 7) is 4.15. The fraction of sp³-hybridized carbons (Fsp3) is 0.500. The molecule has 1 aliphatic heterocycles. The topological polar surface area (TPSA) is 129 Å². The Labute approximate surface area is 173 Å². The molecule has 4 N–H and O–H groups in total. The van der Waals surface area contributed by atoms with Crippen molar-refractivity contribution in [3.05, 3.63) is 23.7 Å². The number of primary amides is 1. The molecule has 3 amide bonds. The third-order valence-corrected chi connectivity index (χ3v) is 5.55. The average molecular weight is 419 g/mol. The van der Waals surface area contributed by atoms with Crippen molar-refractivity contribution >= 4 is 40.1 Å². The Morgan fingerprint density at radius 1 is 1.34 bits per heavy atom. The maximum Gasteiger partial charge on any atom is 0.316 e. The first-order chi connectivity index (χ1) is 13.8. The van der Waals surface area contributed by atoms with Gasteiger partial charge in [0.05, 0.1) is 11.9 Å². The molecular weight excluding hydrogens is 392 g/mol. The number of nitrogens with zero attached hydrogens (tertiary/aromatic N) is 5. The summed E-state index contributed by atoms with van der Waals surface area (Å²) in [5, 5.41) is 6.82. The largest absolute Gasteiger partial charge is 0.364 e. The van der Waals surface area contributed by atoms with E-state index in [9.17, 15) is 9.59 Å². The van der Waals surface area contributed by atoms with E-state index in [1.165, 1.54) is 16.4 Å². The minimum Gasteiger partial charge on any atom is -0.364 e. The van der Waals surface area contributed by atoms with E-state index in [1.54, 1.807) is 20.3 Å². The lowest BCUT2D eigenvalue weighted by molar-refractivity contribution is 0.0996. The maximum atomic E-state index is 11.7. The van der Waals surface area contributed by atoms with Crippen LogP contribution < -0.4 is 21.3 Å². The summed E-state index contributed by atoms with van der Waals surface area (Å²) >= 11 is 1.28. The SMILES string of the molecule is Cc1cc(Nc2nc(N3CCC(CNC(=O)N(C)C)CC3)cnc2C(N)=O)sn1. The van der Waals surface area contributed by atoms with Crippen LogP contribution in [0.25, 0.3) is 0 Å². The number of piperidine rings is 1. The Morgan fingerprint density at radius 2 is 2.07 bits per heavy atom. The van der Waals surface area contributed by atoms with Gasteiger partial charge in [-0.25, -0.2) is 14.8 Å². The fourth-order valence-corrected chi connectivity index (χ4v) is 3.76. The van der Waals surface area contributed by atoms with Crippen molar-refractivity contribution in [2.24, 2.45) is 11.7 Å². The highest BCUT2D eigenvalue weighted by atomic mass is 32.1. The summed E-state index contributed by atoms with van der Waals surface area (Å²) in [4.78, 5) is 35.9. The molecule has 3 heterocycles. The van der Waals surface area contributed by atoms with Crippen LogP contribution >= 0.6 is 11.5 Å². The van der Waals surface area contributed by atoms with Gasteiger partial charge in [0.15, 0.2) is 11.5 Å². The lowest BCUT2D eigenvalue weighted by Crippen LogP contribution is -2.41. The number of carbonyl (C=O) groups is 2. The normalized spacial score (nSPS) is 14.5. The third kappa shape index (κ3) is 5.31. The lowest BCUT2D eigenvalue weighted by Gasteiger charge is -2.33. The van der Waals surface area contributed by atoms with Gasteiger partial charge in [-0.2, -0.15) is 4.37 Å². The molecule has 3 rings (SSSR count). The number of amides is 3. The maximum absolute atomic E-state index is 11.7. The number of aryl methyl sites for hydroxylation is 1. The molecule has 29 heavy (non-hydrogen) atoms. The van der Waals surface area contributed by atoms with Crippen molar-refractivity contribution in [3.63, 3.8) is 0 Å². The number of aromatic nitrogens is 3. The molecule has 10 nitrogen and oxygen atoms in total. The lowest BCUT2D eigenvalue weighted by atomic mass is 9.97. The second kappa shape index (κ2) is 9.03. The Bertz CT molecular complexity index is 876. The predicted octanol–water partition coefficient (Wildman–Crippen LogP) is 1.57. The van der Waals surface area contributed by atoms with Gasteiger partial charge in [0, 0.05) is 33.7 Å². The van der Waals surface area contributed by atoms with Gasteiger partial charge < -0.3 is 26.2 Å². The van der Waals surface area contributed by atoms with E-state index in [4.69, 9.17) is 5.73 Å². The molecule has 1 aliphatic rings. The summed E-state index contributed by atoms with van der Waals surface area (Å²) in [6.07, 6.45) is 3.45. The van der Waals surface area contributed by atoms with Gasteiger partial charge in [0.1, 0.15) is 10.8 Å². The van der Waals surface area contributed by atoms with Crippen LogP contribution in [0.3, 0.4) is 0 Å². The highest BCUT2D eigenvalue weighted by molar-refractivity contribution is 7.10. The van der Waals surface area contributed by atoms with Crippen molar-refractivity contribution in [2.75, 3.05) is 43.9 Å². The van der Waals surface area contributed by atoms with Crippen molar-refractivity contribution in [2.45, 2.75) is 19.8 Å². The van der Waals surface area contributed by atoms with Crippen LogP contribution in [0.15, 0.2) is 12.3 Å². The van der Waals surface area contributed by atoms with Gasteiger partial charge >= 0.3 is 6.03 Å². The fourth-order valence-electron chi connectivity index (χ4n) is 3.09. The van der Waals surface area contributed by atoms with Gasteiger partial charge in [-0.3, -0.25) is 4.79 Å². The highest BCUT2D eigenvalue weighted by Gasteiger charge is 2.23. The Kier molecular flexibility index (Phi) is 6.47. The number of anilines is 3. The van der Waals surface area contributed by atoms with Crippen molar-refractivity contribution < 1.29 is 9.59 Å². The minimum absolute atomic E-state index is 0.0747. The quantitative estimate of drug-likeness (QED) is 0.649. The molecule has 0 aliphatic carbocycles. The summed E-state index contributed by atoms with van der Waals surface area (Å²) < 4.78 is 4.22. The number of urea groups is 1. The number of rotatable bonds is 6. The zero-order chi connectivity index (χ0) is 21.0. The van der Waals surface area contributed by atoms with Gasteiger partial charge in [-0.05, 0) is 43.3 Å². The number of carbonyl (C=O) groups excluding carboxylic acids is 2. The number of nitrogens with one attached hydrogen (secondary N) is 2. The molecular formula is C18H26N8O2S. The molecule has 1 saturated heterocycles. The van der Waals surface area contributed by atoms with Crippen LogP contribution in [0.5, 0.6) is 0 Å². The van der Waals surface area contributed by atoms with E-state index in [2.05, 4.69) is 29.9 Å². The van der Waals surface area contributed by atoms with E-state index in [0.29, 0.717) is 24.1 Å². The van der Waals surface area contributed by atoms with Crippen molar-refractivity contribution in [1.82, 2.24) is 24.6 Å². The summed E-state index contributed by atoms with van der Waals surface area (Å²) in [7, 11) is 3.46. The average Bonchev–Trinajstić information content (AvgIpc) is 3.10. The standard InChI is InChI=1S/C18H26N8O2S/c1-11-8-14(29-24-11)23-17-15(16(19)27)20-10-13(22-17)26-6-4-12(5-7-26)9-21-18(28)25(2)3/h8,10,12H,4-7,9H2,1-3H3,(H2,19,27)(H,21,28)(H,22,23). The van der Waals surface area contributed by atoms with E-state index >= 15 is 0 Å². The van der Waals surface area contributed by atoms with E-state index < -0.39 is 5.91 Å². The smallest absolute Gasteiger partial charge is 0.316 e. The summed E-state index contributed by atoms with van der Waals surface area (Å²) in [6, 6.07) is 1.80.